The topological polar surface area (TPSA) is 75.7 Å². The van der Waals surface area contributed by atoms with Crippen LogP contribution in [0.4, 0.5) is 0 Å². The normalized spacial score (nSPS) is 47.2. The molecule has 0 aromatic rings. The van der Waals surface area contributed by atoms with E-state index in [0.717, 1.165) is 57.2 Å². The molecule has 0 aliphatic heterocycles. The van der Waals surface area contributed by atoms with Gasteiger partial charge in [0.15, 0.2) is 0 Å². The van der Waals surface area contributed by atoms with Crippen LogP contribution in [0.3, 0.4) is 0 Å². The number of nitrogens with zero attached hydrogens (tertiary/aromatic N) is 1. The number of Topliss-reactive ketones (excluding diaryl/α,β-unsaturated/α-hetero) is 1. The van der Waals surface area contributed by atoms with Crippen LogP contribution in [0.25, 0.3) is 0 Å². The monoisotopic (exact) mass is 386 g/mol. The van der Waals surface area contributed by atoms with Crippen molar-refractivity contribution in [2.75, 3.05) is 6.54 Å². The molecule has 0 aromatic heterocycles. The molecule has 7 atom stereocenters. The molecule has 4 fully saturated rings. The Balaban J connectivity index is 1.56. The van der Waals surface area contributed by atoms with Gasteiger partial charge in [0.1, 0.15) is 5.78 Å². The van der Waals surface area contributed by atoms with Crippen molar-refractivity contribution >= 4 is 11.5 Å². The lowest BCUT2D eigenvalue weighted by atomic mass is 9.44. The fraction of sp³-hybridized carbons (Fsp3) is 0.833. The summed E-state index contributed by atoms with van der Waals surface area (Å²) in [4.78, 5) is 12.6. The summed E-state index contributed by atoms with van der Waals surface area (Å²) >= 11 is 0. The molecule has 28 heavy (non-hydrogen) atoms. The molecule has 0 spiro atoms. The quantitative estimate of drug-likeness (QED) is 0.311. The number of fused-ring (bicyclic) bond motifs is 5. The molecule has 4 nitrogen and oxygen atoms in total. The number of ketones is 1. The van der Waals surface area contributed by atoms with Crippen molar-refractivity contribution < 1.29 is 10.0 Å². The Morgan fingerprint density at radius 3 is 2.79 bits per heavy atom. The van der Waals surface area contributed by atoms with Crippen LogP contribution in [0, 0.1) is 40.4 Å². The van der Waals surface area contributed by atoms with E-state index in [1.165, 1.54) is 19.3 Å². The number of unbranched alkanes of at least 4 members (excludes halogenated alkanes) is 1. The zero-order chi connectivity index (χ0) is 19.9. The number of hydrogen-bond donors (Lipinski definition) is 2. The third-order valence-corrected chi connectivity index (χ3v) is 9.34. The van der Waals surface area contributed by atoms with Gasteiger partial charge in [-0.25, -0.2) is 0 Å². The predicted molar refractivity (Wildman–Crippen MR) is 112 cm³/mol. The van der Waals surface area contributed by atoms with Gasteiger partial charge in [-0.1, -0.05) is 31.2 Å². The maximum atomic E-state index is 12.6. The van der Waals surface area contributed by atoms with Crippen molar-refractivity contribution in [3.8, 4) is 0 Å². The van der Waals surface area contributed by atoms with Crippen LogP contribution < -0.4 is 5.73 Å². The zero-order valence-electron chi connectivity index (χ0n) is 17.7. The van der Waals surface area contributed by atoms with Gasteiger partial charge in [0.05, 0.1) is 5.71 Å². The maximum Gasteiger partial charge on any atom is 0.139 e. The van der Waals surface area contributed by atoms with Gasteiger partial charge in [-0.05, 0) is 93.4 Å². The second-order valence-electron chi connectivity index (χ2n) is 10.5. The first kappa shape index (κ1) is 20.1. The average molecular weight is 387 g/mol. The average Bonchev–Trinajstić information content (AvgIpc) is 3.00. The van der Waals surface area contributed by atoms with Gasteiger partial charge in [-0.3, -0.25) is 4.79 Å². The number of allylic oxidation sites excluding steroid dienone is 2. The number of oxime groups is 1. The SMILES string of the molecule is C[C@]12CCC3C(C/C(=N\O)[C@H]4CC(C=CCCCN)CC[C@]34C)C1CCC2=O. The van der Waals surface area contributed by atoms with Crippen molar-refractivity contribution in [2.45, 2.75) is 78.1 Å². The van der Waals surface area contributed by atoms with E-state index in [-0.39, 0.29) is 10.8 Å². The Morgan fingerprint density at radius 1 is 1.21 bits per heavy atom. The lowest BCUT2D eigenvalue weighted by molar-refractivity contribution is -0.134. The summed E-state index contributed by atoms with van der Waals surface area (Å²) in [7, 11) is 0. The number of nitrogens with two attached hydrogens (primary N) is 1. The van der Waals surface area contributed by atoms with Crippen molar-refractivity contribution in [1.29, 1.82) is 0 Å². The highest BCUT2D eigenvalue weighted by atomic mass is 16.4. The molecule has 4 aliphatic rings. The Kier molecular flexibility index (Phi) is 5.45. The van der Waals surface area contributed by atoms with Gasteiger partial charge < -0.3 is 10.9 Å². The summed E-state index contributed by atoms with van der Waals surface area (Å²) in [6, 6.07) is 0. The first-order valence-electron chi connectivity index (χ1n) is 11.5. The minimum atomic E-state index is -0.117. The third-order valence-electron chi connectivity index (χ3n) is 9.34. The predicted octanol–water partition coefficient (Wildman–Crippen LogP) is 4.95. The fourth-order valence-electron chi connectivity index (χ4n) is 7.68. The molecule has 0 heterocycles. The van der Waals surface area contributed by atoms with E-state index < -0.39 is 0 Å². The molecule has 4 saturated carbocycles. The van der Waals surface area contributed by atoms with E-state index in [9.17, 15) is 10.0 Å². The van der Waals surface area contributed by atoms with Gasteiger partial charge in [-0.2, -0.15) is 0 Å². The number of hydrogen-bond acceptors (Lipinski definition) is 4. The van der Waals surface area contributed by atoms with Gasteiger partial charge in [0.2, 0.25) is 0 Å². The molecular formula is C24H38N2O2. The summed E-state index contributed by atoms with van der Waals surface area (Å²) in [6.07, 6.45) is 15.3. The molecule has 156 valence electrons. The van der Waals surface area contributed by atoms with Crippen LogP contribution in [-0.2, 0) is 4.79 Å². The van der Waals surface area contributed by atoms with Crippen molar-refractivity contribution in [3.05, 3.63) is 12.2 Å². The van der Waals surface area contributed by atoms with Crippen LogP contribution in [0.15, 0.2) is 17.3 Å². The van der Waals surface area contributed by atoms with Gasteiger partial charge in [-0.15, -0.1) is 0 Å². The molecule has 4 unspecified atom stereocenters. The lowest BCUT2D eigenvalue weighted by Crippen LogP contribution is -2.56. The minimum absolute atomic E-state index is 0.117. The summed E-state index contributed by atoms with van der Waals surface area (Å²) in [5.41, 5.74) is 6.73. The van der Waals surface area contributed by atoms with Crippen LogP contribution in [0.1, 0.15) is 78.1 Å². The van der Waals surface area contributed by atoms with Crippen LogP contribution in [-0.4, -0.2) is 23.2 Å². The Morgan fingerprint density at radius 2 is 2.04 bits per heavy atom. The van der Waals surface area contributed by atoms with E-state index in [4.69, 9.17) is 5.73 Å². The van der Waals surface area contributed by atoms with Gasteiger partial charge >= 0.3 is 0 Å². The third kappa shape index (κ3) is 3.07. The van der Waals surface area contributed by atoms with Gasteiger partial charge in [0.25, 0.3) is 0 Å². The fourth-order valence-corrected chi connectivity index (χ4v) is 7.68. The molecule has 0 bridgehead atoms. The standard InChI is InChI=1S/C24H38N2O2/c1-23-11-9-16(6-4-3-5-13-25)14-20(23)21(26-28)15-17-18-7-8-22(27)24(18,2)12-10-19(17)23/h4,6,16-20,28H,3,5,7-15,25H2,1-2H3/b6-4?,26-21+/t16?,17?,18?,19?,20-,23-,24+/m1/s1. The smallest absolute Gasteiger partial charge is 0.139 e. The maximum absolute atomic E-state index is 12.6. The molecule has 3 N–H and O–H groups in total. The van der Waals surface area contributed by atoms with E-state index in [0.29, 0.717) is 35.4 Å². The minimum Gasteiger partial charge on any atom is -0.411 e. The first-order chi connectivity index (χ1) is 13.4. The van der Waals surface area contributed by atoms with Crippen LogP contribution in [0.2, 0.25) is 0 Å². The van der Waals surface area contributed by atoms with E-state index >= 15 is 0 Å². The highest BCUT2D eigenvalue weighted by Gasteiger charge is 2.61. The first-order valence-corrected chi connectivity index (χ1v) is 11.5. The van der Waals surface area contributed by atoms with E-state index in [2.05, 4.69) is 31.2 Å². The van der Waals surface area contributed by atoms with Crippen molar-refractivity contribution in [1.82, 2.24) is 0 Å². The molecule has 4 heteroatoms. The second-order valence-corrected chi connectivity index (χ2v) is 10.5. The van der Waals surface area contributed by atoms with E-state index in [1.54, 1.807) is 0 Å². The molecule has 0 aromatic carbocycles. The number of rotatable bonds is 4. The van der Waals surface area contributed by atoms with Crippen molar-refractivity contribution in [2.24, 2.45) is 51.3 Å². The molecule has 0 amide bonds. The Hall–Kier alpha value is -1.16. The summed E-state index contributed by atoms with van der Waals surface area (Å²) in [5.74, 6) is 3.14. The molecule has 4 rings (SSSR count). The molecule has 4 aliphatic carbocycles. The largest absolute Gasteiger partial charge is 0.411 e. The zero-order valence-corrected chi connectivity index (χ0v) is 17.7. The summed E-state index contributed by atoms with van der Waals surface area (Å²) in [6.45, 7) is 5.44. The molecule has 0 radical (unpaired) electrons. The number of carbonyl (C=O) groups excluding carboxylic acids is 1. The lowest BCUT2D eigenvalue weighted by Gasteiger charge is -2.60. The van der Waals surface area contributed by atoms with Gasteiger partial charge in [0, 0.05) is 17.8 Å². The molecule has 0 saturated heterocycles. The highest BCUT2D eigenvalue weighted by molar-refractivity contribution is 5.90. The Labute approximate surface area is 170 Å². The highest BCUT2D eigenvalue weighted by Crippen LogP contribution is 2.65. The summed E-state index contributed by atoms with van der Waals surface area (Å²) in [5, 5.41) is 13.8. The Bertz CT molecular complexity index is 672. The van der Waals surface area contributed by atoms with E-state index in [1.807, 2.05) is 0 Å². The molecular weight excluding hydrogens is 348 g/mol. The van der Waals surface area contributed by atoms with Crippen molar-refractivity contribution in [3.63, 3.8) is 0 Å². The van der Waals surface area contributed by atoms with Crippen LogP contribution in [0.5, 0.6) is 0 Å². The summed E-state index contributed by atoms with van der Waals surface area (Å²) < 4.78 is 0. The number of carbonyl (C=O) groups is 1. The van der Waals surface area contributed by atoms with Crippen LogP contribution >= 0.6 is 0 Å². The second kappa shape index (κ2) is 7.59.